The summed E-state index contributed by atoms with van der Waals surface area (Å²) < 4.78 is 14.7. The molecule has 18 heavy (non-hydrogen) atoms. The van der Waals surface area contributed by atoms with Crippen molar-refractivity contribution >= 4 is 40.0 Å². The van der Waals surface area contributed by atoms with Gasteiger partial charge in [-0.1, -0.05) is 35.9 Å². The molecule has 0 aromatic heterocycles. The van der Waals surface area contributed by atoms with Crippen LogP contribution >= 0.6 is 34.2 Å². The smallest absolute Gasteiger partial charge is 0.167 e. The fourth-order valence-electron chi connectivity index (χ4n) is 1.60. The van der Waals surface area contributed by atoms with Gasteiger partial charge in [0.25, 0.3) is 0 Å². The summed E-state index contributed by atoms with van der Waals surface area (Å²) in [6, 6.07) is 11.9. The maximum atomic E-state index is 13.7. The Labute approximate surface area is 123 Å². The molecule has 2 aromatic rings. The monoisotopic (exact) mass is 374 g/mol. The first-order valence-electron chi connectivity index (χ1n) is 5.29. The second-order valence-electron chi connectivity index (χ2n) is 3.82. The molecule has 0 heterocycles. The van der Waals surface area contributed by atoms with Crippen molar-refractivity contribution in [2.24, 2.45) is 0 Å². The highest BCUT2D eigenvalue weighted by atomic mass is 127. The number of Topliss-reactive ketones (excluding diaryl/α,β-unsaturated/α-hetero) is 1. The van der Waals surface area contributed by atoms with Crippen LogP contribution in [0.3, 0.4) is 0 Å². The molecule has 0 amide bonds. The summed E-state index contributed by atoms with van der Waals surface area (Å²) >= 11 is 7.84. The van der Waals surface area contributed by atoms with Crippen LogP contribution in [0, 0.1) is 9.39 Å². The van der Waals surface area contributed by atoms with Gasteiger partial charge in [-0.2, -0.15) is 0 Å². The molecule has 0 spiro atoms. The number of hydrogen-bond donors (Lipinski definition) is 0. The van der Waals surface area contributed by atoms with E-state index in [-0.39, 0.29) is 17.2 Å². The van der Waals surface area contributed by atoms with Crippen LogP contribution in [0.1, 0.15) is 15.9 Å². The lowest BCUT2D eigenvalue weighted by Gasteiger charge is -2.04. The molecule has 0 fully saturated rings. The van der Waals surface area contributed by atoms with Crippen LogP contribution in [0.25, 0.3) is 0 Å². The highest BCUT2D eigenvalue weighted by Crippen LogP contribution is 2.19. The van der Waals surface area contributed by atoms with Crippen LogP contribution in [0.2, 0.25) is 5.02 Å². The van der Waals surface area contributed by atoms with Gasteiger partial charge < -0.3 is 0 Å². The van der Waals surface area contributed by atoms with E-state index in [4.69, 9.17) is 11.6 Å². The van der Waals surface area contributed by atoms with Gasteiger partial charge in [0, 0.05) is 15.6 Å². The van der Waals surface area contributed by atoms with E-state index in [1.165, 1.54) is 6.07 Å². The Morgan fingerprint density at radius 1 is 1.17 bits per heavy atom. The van der Waals surface area contributed by atoms with Crippen molar-refractivity contribution in [1.82, 2.24) is 0 Å². The van der Waals surface area contributed by atoms with Gasteiger partial charge in [-0.15, -0.1) is 0 Å². The average molecular weight is 375 g/mol. The van der Waals surface area contributed by atoms with Gasteiger partial charge in [0.15, 0.2) is 5.78 Å². The van der Waals surface area contributed by atoms with Gasteiger partial charge in [-0.25, -0.2) is 4.39 Å². The Hall–Kier alpha value is -0.940. The zero-order valence-corrected chi connectivity index (χ0v) is 12.2. The number of benzene rings is 2. The van der Waals surface area contributed by atoms with Crippen LogP contribution in [0.4, 0.5) is 4.39 Å². The van der Waals surface area contributed by atoms with Gasteiger partial charge >= 0.3 is 0 Å². The van der Waals surface area contributed by atoms with Gasteiger partial charge in [-0.3, -0.25) is 4.79 Å². The molecule has 2 aromatic carbocycles. The number of halogens is 3. The molecule has 92 valence electrons. The molecule has 4 heteroatoms. The molecule has 0 saturated carbocycles. The maximum absolute atomic E-state index is 13.7. The Kier molecular flexibility index (Phi) is 4.35. The minimum absolute atomic E-state index is 0.0208. The standard InChI is InChI=1S/C14H9ClFIO/c15-12-3-1-2-10(14(12)16)8-13(18)9-4-6-11(17)7-5-9/h1-7H,8H2. The van der Waals surface area contributed by atoms with E-state index in [0.29, 0.717) is 11.1 Å². The number of hydrogen-bond acceptors (Lipinski definition) is 1. The van der Waals surface area contributed by atoms with E-state index in [0.717, 1.165) is 3.57 Å². The Morgan fingerprint density at radius 2 is 1.83 bits per heavy atom. The number of carbonyl (C=O) groups is 1. The molecule has 1 nitrogen and oxygen atoms in total. The van der Waals surface area contributed by atoms with Crippen LogP contribution in [-0.4, -0.2) is 5.78 Å². The second-order valence-corrected chi connectivity index (χ2v) is 5.47. The second kappa shape index (κ2) is 5.80. The first-order valence-corrected chi connectivity index (χ1v) is 6.75. The van der Waals surface area contributed by atoms with Crippen LogP contribution in [0.15, 0.2) is 42.5 Å². The first-order chi connectivity index (χ1) is 8.58. The van der Waals surface area contributed by atoms with Gasteiger partial charge in [0.1, 0.15) is 5.82 Å². The average Bonchev–Trinajstić information content (AvgIpc) is 2.36. The highest BCUT2D eigenvalue weighted by molar-refractivity contribution is 14.1. The molecule has 0 radical (unpaired) electrons. The predicted octanol–water partition coefficient (Wildman–Crippen LogP) is 4.51. The third-order valence-electron chi connectivity index (χ3n) is 2.55. The maximum Gasteiger partial charge on any atom is 0.167 e. The van der Waals surface area contributed by atoms with E-state index in [1.54, 1.807) is 24.3 Å². The Bertz CT molecular complexity index is 581. The summed E-state index contributed by atoms with van der Waals surface area (Å²) in [6.45, 7) is 0. The fourth-order valence-corrected chi connectivity index (χ4v) is 2.15. The summed E-state index contributed by atoms with van der Waals surface area (Å²) in [5.74, 6) is -0.634. The van der Waals surface area contributed by atoms with Crippen LogP contribution in [-0.2, 0) is 6.42 Å². The van der Waals surface area contributed by atoms with Crippen molar-refractivity contribution in [3.8, 4) is 0 Å². The molecule has 0 aliphatic heterocycles. The lowest BCUT2D eigenvalue weighted by atomic mass is 10.0. The van der Waals surface area contributed by atoms with E-state index < -0.39 is 5.82 Å². The van der Waals surface area contributed by atoms with Crippen molar-refractivity contribution in [2.45, 2.75) is 6.42 Å². The normalized spacial score (nSPS) is 10.4. The van der Waals surface area contributed by atoms with Crippen molar-refractivity contribution < 1.29 is 9.18 Å². The summed E-state index contributed by atoms with van der Waals surface area (Å²) in [5.41, 5.74) is 0.904. The van der Waals surface area contributed by atoms with E-state index in [9.17, 15) is 9.18 Å². The Balaban J connectivity index is 2.21. The highest BCUT2D eigenvalue weighted by Gasteiger charge is 2.12. The number of ketones is 1. The van der Waals surface area contributed by atoms with Gasteiger partial charge in [-0.05, 0) is 46.4 Å². The quantitative estimate of drug-likeness (QED) is 0.571. The lowest BCUT2D eigenvalue weighted by Crippen LogP contribution is -2.05. The number of rotatable bonds is 3. The minimum atomic E-state index is -0.516. The summed E-state index contributed by atoms with van der Waals surface area (Å²) in [4.78, 5) is 12.0. The third kappa shape index (κ3) is 3.09. The molecule has 2 rings (SSSR count). The molecule has 0 aliphatic carbocycles. The molecule has 0 N–H and O–H groups in total. The fraction of sp³-hybridized carbons (Fsp3) is 0.0714. The van der Waals surface area contributed by atoms with Crippen LogP contribution < -0.4 is 0 Å². The lowest BCUT2D eigenvalue weighted by molar-refractivity contribution is 0.0992. The zero-order valence-electron chi connectivity index (χ0n) is 9.29. The molecular formula is C14H9ClFIO. The summed E-state index contributed by atoms with van der Waals surface area (Å²) in [5, 5.41) is 0.0444. The van der Waals surface area contributed by atoms with E-state index in [2.05, 4.69) is 22.6 Å². The summed E-state index contributed by atoms with van der Waals surface area (Å²) in [6.07, 6.45) is 0.0208. The van der Waals surface area contributed by atoms with Crippen molar-refractivity contribution in [3.05, 3.63) is 68.0 Å². The Morgan fingerprint density at radius 3 is 2.50 bits per heavy atom. The topological polar surface area (TPSA) is 17.1 Å². The summed E-state index contributed by atoms with van der Waals surface area (Å²) in [7, 11) is 0. The van der Waals surface area contributed by atoms with Crippen LogP contribution in [0.5, 0.6) is 0 Å². The van der Waals surface area contributed by atoms with Gasteiger partial charge in [0.05, 0.1) is 5.02 Å². The minimum Gasteiger partial charge on any atom is -0.294 e. The molecule has 0 aliphatic rings. The SMILES string of the molecule is O=C(Cc1cccc(Cl)c1F)c1ccc(I)cc1. The molecule has 0 unspecified atom stereocenters. The molecule has 0 atom stereocenters. The van der Waals surface area contributed by atoms with Gasteiger partial charge in [0.2, 0.25) is 0 Å². The first kappa shape index (κ1) is 13.5. The van der Waals surface area contributed by atoms with Crippen molar-refractivity contribution in [1.29, 1.82) is 0 Å². The third-order valence-corrected chi connectivity index (χ3v) is 3.56. The van der Waals surface area contributed by atoms with E-state index in [1.807, 2.05) is 12.1 Å². The molecular weight excluding hydrogens is 366 g/mol. The molecule has 0 bridgehead atoms. The number of carbonyl (C=O) groups excluding carboxylic acids is 1. The van der Waals surface area contributed by atoms with Crippen molar-refractivity contribution in [2.75, 3.05) is 0 Å². The van der Waals surface area contributed by atoms with E-state index >= 15 is 0 Å². The van der Waals surface area contributed by atoms with Crippen molar-refractivity contribution in [3.63, 3.8) is 0 Å². The molecule has 0 saturated heterocycles. The largest absolute Gasteiger partial charge is 0.294 e. The zero-order chi connectivity index (χ0) is 13.1. The predicted molar refractivity (Wildman–Crippen MR) is 78.6 cm³/mol.